The largest absolute Gasteiger partial charge is 0.346 e. The molecule has 0 radical (unpaired) electrons. The Bertz CT molecular complexity index is 324. The summed E-state index contributed by atoms with van der Waals surface area (Å²) in [5, 5.41) is 3.92. The van der Waals surface area contributed by atoms with Gasteiger partial charge in [-0.15, -0.1) is 11.3 Å². The van der Waals surface area contributed by atoms with Gasteiger partial charge in [0.05, 0.1) is 5.69 Å². The summed E-state index contributed by atoms with van der Waals surface area (Å²) in [6, 6.07) is 0.0478. The Balaban J connectivity index is 2.08. The highest BCUT2D eigenvalue weighted by Gasteiger charge is 2.19. The monoisotopic (exact) mass is 243 g/mol. The Kier molecular flexibility index (Phi) is 3.53. The predicted molar refractivity (Wildman–Crippen MR) is 68.8 cm³/mol. The van der Waals surface area contributed by atoms with E-state index >= 15 is 0 Å². The molecule has 0 spiro atoms. The van der Waals surface area contributed by atoms with Gasteiger partial charge in [-0.3, -0.25) is 0 Å². The van der Waals surface area contributed by atoms with Gasteiger partial charge in [-0.2, -0.15) is 11.8 Å². The smallest absolute Gasteiger partial charge is 0.185 e. The molecule has 2 N–H and O–H groups in total. The maximum absolute atomic E-state index is 5.81. The van der Waals surface area contributed by atoms with Crippen molar-refractivity contribution >= 4 is 28.2 Å². The van der Waals surface area contributed by atoms with E-state index in [2.05, 4.69) is 22.2 Å². The van der Waals surface area contributed by atoms with E-state index in [0.717, 1.165) is 23.9 Å². The molecule has 0 aliphatic carbocycles. The van der Waals surface area contributed by atoms with Crippen LogP contribution >= 0.6 is 23.1 Å². The van der Waals surface area contributed by atoms with Crippen molar-refractivity contribution in [2.45, 2.75) is 25.1 Å². The molecule has 15 heavy (non-hydrogen) atoms. The van der Waals surface area contributed by atoms with Gasteiger partial charge >= 0.3 is 0 Å². The number of anilines is 1. The highest BCUT2D eigenvalue weighted by atomic mass is 32.2. The summed E-state index contributed by atoms with van der Waals surface area (Å²) in [5.41, 5.74) is 6.82. The molecule has 1 aliphatic heterocycles. The zero-order chi connectivity index (χ0) is 10.8. The molecule has 1 fully saturated rings. The Labute approximate surface area is 99.1 Å². The molecule has 2 atom stereocenters. The van der Waals surface area contributed by atoms with Crippen molar-refractivity contribution in [1.29, 1.82) is 0 Å². The number of thiazole rings is 1. The maximum atomic E-state index is 5.81. The second-order valence-electron chi connectivity index (χ2n) is 3.97. The lowest BCUT2D eigenvalue weighted by atomic mass is 10.3. The summed E-state index contributed by atoms with van der Waals surface area (Å²) in [6.45, 7) is 6.47. The zero-order valence-corrected chi connectivity index (χ0v) is 10.8. The van der Waals surface area contributed by atoms with Crippen molar-refractivity contribution in [1.82, 2.24) is 4.98 Å². The van der Waals surface area contributed by atoms with E-state index in [-0.39, 0.29) is 6.04 Å². The lowest BCUT2D eigenvalue weighted by molar-refractivity contribution is 0.757. The Hall–Kier alpha value is -0.260. The van der Waals surface area contributed by atoms with E-state index in [1.165, 1.54) is 5.75 Å². The SMILES string of the molecule is CC1CN(c2nc(C(C)N)cs2)CCS1. The Morgan fingerprint density at radius 2 is 2.47 bits per heavy atom. The molecule has 1 aromatic heterocycles. The molecule has 0 amide bonds. The van der Waals surface area contributed by atoms with Gasteiger partial charge in [0.1, 0.15) is 0 Å². The first-order valence-electron chi connectivity index (χ1n) is 5.24. The average Bonchev–Trinajstić information content (AvgIpc) is 2.66. The first-order valence-corrected chi connectivity index (χ1v) is 7.17. The molecule has 0 bridgehead atoms. The molecule has 2 rings (SSSR count). The summed E-state index contributed by atoms with van der Waals surface area (Å²) in [6.07, 6.45) is 0. The standard InChI is InChI=1S/C10H17N3S2/c1-7-5-13(3-4-14-7)10-12-9(6-15-10)8(2)11/h6-8H,3-5,11H2,1-2H3. The van der Waals surface area contributed by atoms with Gasteiger partial charge < -0.3 is 10.6 Å². The molecule has 5 heteroatoms. The van der Waals surface area contributed by atoms with E-state index in [9.17, 15) is 0 Å². The van der Waals surface area contributed by atoms with Crippen LogP contribution in [0.25, 0.3) is 0 Å². The lowest BCUT2D eigenvalue weighted by Crippen LogP contribution is -2.36. The van der Waals surface area contributed by atoms with Crippen LogP contribution < -0.4 is 10.6 Å². The van der Waals surface area contributed by atoms with Crippen LogP contribution in [0.15, 0.2) is 5.38 Å². The van der Waals surface area contributed by atoms with Crippen LogP contribution in [0, 0.1) is 0 Å². The molecular formula is C10H17N3S2. The third kappa shape index (κ3) is 2.65. The van der Waals surface area contributed by atoms with Gasteiger partial charge in [-0.25, -0.2) is 4.98 Å². The quantitative estimate of drug-likeness (QED) is 0.864. The minimum Gasteiger partial charge on any atom is -0.346 e. The molecular weight excluding hydrogens is 226 g/mol. The van der Waals surface area contributed by atoms with E-state index in [4.69, 9.17) is 5.73 Å². The fourth-order valence-electron chi connectivity index (χ4n) is 1.62. The van der Waals surface area contributed by atoms with Crippen LogP contribution in [0.4, 0.5) is 5.13 Å². The highest BCUT2D eigenvalue weighted by molar-refractivity contribution is 8.00. The van der Waals surface area contributed by atoms with Gasteiger partial charge in [0.15, 0.2) is 5.13 Å². The molecule has 1 aliphatic rings. The minimum atomic E-state index is 0.0478. The summed E-state index contributed by atoms with van der Waals surface area (Å²) in [4.78, 5) is 6.95. The number of rotatable bonds is 2. The van der Waals surface area contributed by atoms with Crippen molar-refractivity contribution in [3.63, 3.8) is 0 Å². The molecule has 2 heterocycles. The van der Waals surface area contributed by atoms with Crippen molar-refractivity contribution < 1.29 is 0 Å². The van der Waals surface area contributed by atoms with E-state index < -0.39 is 0 Å². The fraction of sp³-hybridized carbons (Fsp3) is 0.700. The van der Waals surface area contributed by atoms with Crippen LogP contribution in [-0.4, -0.2) is 29.1 Å². The Morgan fingerprint density at radius 1 is 1.67 bits per heavy atom. The van der Waals surface area contributed by atoms with Crippen LogP contribution in [0.2, 0.25) is 0 Å². The normalized spacial score (nSPS) is 24.2. The highest BCUT2D eigenvalue weighted by Crippen LogP contribution is 2.27. The molecule has 84 valence electrons. The zero-order valence-electron chi connectivity index (χ0n) is 9.14. The third-order valence-corrected chi connectivity index (χ3v) is 4.54. The Morgan fingerprint density at radius 3 is 3.07 bits per heavy atom. The van der Waals surface area contributed by atoms with Gasteiger partial charge in [0.25, 0.3) is 0 Å². The molecule has 1 saturated heterocycles. The maximum Gasteiger partial charge on any atom is 0.185 e. The second kappa shape index (κ2) is 4.72. The summed E-state index contributed by atoms with van der Waals surface area (Å²) in [5.74, 6) is 1.20. The van der Waals surface area contributed by atoms with Crippen LogP contribution in [0.5, 0.6) is 0 Å². The van der Waals surface area contributed by atoms with Gasteiger partial charge in [-0.1, -0.05) is 6.92 Å². The van der Waals surface area contributed by atoms with Crippen molar-refractivity contribution in [2.24, 2.45) is 5.73 Å². The average molecular weight is 243 g/mol. The summed E-state index contributed by atoms with van der Waals surface area (Å²) < 4.78 is 0. The number of hydrogen-bond acceptors (Lipinski definition) is 5. The van der Waals surface area contributed by atoms with Gasteiger partial charge in [0, 0.05) is 35.5 Å². The number of nitrogens with zero attached hydrogens (tertiary/aromatic N) is 2. The van der Waals surface area contributed by atoms with Crippen molar-refractivity contribution in [2.75, 3.05) is 23.7 Å². The lowest BCUT2D eigenvalue weighted by Gasteiger charge is -2.30. The number of nitrogens with two attached hydrogens (primary N) is 1. The van der Waals surface area contributed by atoms with E-state index in [0.29, 0.717) is 5.25 Å². The summed E-state index contributed by atoms with van der Waals surface area (Å²) >= 11 is 3.75. The minimum absolute atomic E-state index is 0.0478. The van der Waals surface area contributed by atoms with Crippen LogP contribution in [0.3, 0.4) is 0 Å². The second-order valence-corrected chi connectivity index (χ2v) is 6.35. The van der Waals surface area contributed by atoms with Crippen molar-refractivity contribution in [3.05, 3.63) is 11.1 Å². The number of thioether (sulfide) groups is 1. The first-order chi connectivity index (χ1) is 7.16. The van der Waals surface area contributed by atoms with E-state index in [1.807, 2.05) is 18.7 Å². The molecule has 0 aromatic carbocycles. The van der Waals surface area contributed by atoms with Crippen LogP contribution in [0.1, 0.15) is 25.6 Å². The number of aromatic nitrogens is 1. The van der Waals surface area contributed by atoms with Crippen molar-refractivity contribution in [3.8, 4) is 0 Å². The predicted octanol–water partition coefficient (Wildman–Crippen LogP) is 2.10. The van der Waals surface area contributed by atoms with Crippen LogP contribution in [-0.2, 0) is 0 Å². The molecule has 0 saturated carbocycles. The van der Waals surface area contributed by atoms with Gasteiger partial charge in [0.2, 0.25) is 0 Å². The topological polar surface area (TPSA) is 42.2 Å². The molecule has 1 aromatic rings. The third-order valence-electron chi connectivity index (χ3n) is 2.49. The first kappa shape index (κ1) is 11.2. The fourth-order valence-corrected chi connectivity index (χ4v) is 3.60. The molecule has 2 unspecified atom stereocenters. The van der Waals surface area contributed by atoms with E-state index in [1.54, 1.807) is 11.3 Å². The van der Waals surface area contributed by atoms with Gasteiger partial charge in [-0.05, 0) is 6.92 Å². The summed E-state index contributed by atoms with van der Waals surface area (Å²) in [7, 11) is 0. The molecule has 3 nitrogen and oxygen atoms in total. The number of hydrogen-bond donors (Lipinski definition) is 1.